The molecule has 7 heteroatoms. The van der Waals surface area contributed by atoms with Gasteiger partial charge in [-0.15, -0.1) is 0 Å². The van der Waals surface area contributed by atoms with Crippen molar-refractivity contribution in [2.45, 2.75) is 25.6 Å². The number of hydrogen-bond donors (Lipinski definition) is 0. The Kier molecular flexibility index (Phi) is 7.58. The molecule has 174 valence electrons. The Morgan fingerprint density at radius 3 is 2.42 bits per heavy atom. The second kappa shape index (κ2) is 10.6. The maximum atomic E-state index is 11.2. The average molecular weight is 487 g/mol. The van der Waals surface area contributed by atoms with Gasteiger partial charge in [0, 0.05) is 18.2 Å². The average Bonchev–Trinajstić information content (AvgIpc) is 3.60. The van der Waals surface area contributed by atoms with Crippen molar-refractivity contribution in [2.75, 3.05) is 25.2 Å². The van der Waals surface area contributed by atoms with Gasteiger partial charge in [0.2, 0.25) is 0 Å². The number of halogens is 1. The van der Waals surface area contributed by atoms with Gasteiger partial charge in [-0.3, -0.25) is 0 Å². The van der Waals surface area contributed by atoms with E-state index >= 15 is 0 Å². The lowest BCUT2D eigenvalue weighted by atomic mass is 10.0. The van der Waals surface area contributed by atoms with Gasteiger partial charge in [-0.05, 0) is 59.5 Å². The van der Waals surface area contributed by atoms with Gasteiger partial charge < -0.3 is 14.2 Å². The van der Waals surface area contributed by atoms with Crippen LogP contribution >= 0.6 is 11.6 Å². The Hall–Kier alpha value is -2.54. The molecular weight excluding hydrogens is 460 g/mol. The molecule has 1 aliphatic rings. The number of epoxide rings is 1. The van der Waals surface area contributed by atoms with Crippen LogP contribution in [-0.4, -0.2) is 39.7 Å². The first-order chi connectivity index (χ1) is 15.9. The van der Waals surface area contributed by atoms with Crippen LogP contribution in [0.3, 0.4) is 0 Å². The summed E-state index contributed by atoms with van der Waals surface area (Å²) in [7, 11) is -2.98. The molecule has 1 atom stereocenters. The third-order valence-electron chi connectivity index (χ3n) is 5.30. The lowest BCUT2D eigenvalue weighted by molar-refractivity contribution is 0.306. The van der Waals surface area contributed by atoms with Crippen LogP contribution in [0.4, 0.5) is 0 Å². The molecule has 0 aliphatic carbocycles. The van der Waals surface area contributed by atoms with Crippen molar-refractivity contribution in [1.29, 1.82) is 0 Å². The van der Waals surface area contributed by atoms with Crippen molar-refractivity contribution in [2.24, 2.45) is 0 Å². The fourth-order valence-corrected chi connectivity index (χ4v) is 4.42. The number of sulfone groups is 1. The normalized spacial score (nSPS) is 15.3. The van der Waals surface area contributed by atoms with Crippen LogP contribution in [0.15, 0.2) is 66.7 Å². The van der Waals surface area contributed by atoms with E-state index in [1.165, 1.54) is 11.8 Å². The van der Waals surface area contributed by atoms with Crippen LogP contribution in [0.2, 0.25) is 5.02 Å². The van der Waals surface area contributed by atoms with Crippen LogP contribution in [0.25, 0.3) is 11.1 Å². The fourth-order valence-electron chi connectivity index (χ4n) is 3.50. The van der Waals surface area contributed by atoms with E-state index in [2.05, 4.69) is 18.2 Å². The third kappa shape index (κ3) is 7.49. The summed E-state index contributed by atoms with van der Waals surface area (Å²) in [5.74, 6) is 1.55. The van der Waals surface area contributed by atoms with E-state index in [1.54, 1.807) is 6.07 Å². The Balaban J connectivity index is 1.34. The molecule has 3 aromatic carbocycles. The number of benzene rings is 3. The number of rotatable bonds is 11. The Morgan fingerprint density at radius 2 is 1.73 bits per heavy atom. The maximum Gasteiger partial charge on any atom is 0.147 e. The van der Waals surface area contributed by atoms with Crippen molar-refractivity contribution in [3.63, 3.8) is 0 Å². The van der Waals surface area contributed by atoms with Gasteiger partial charge in [0.1, 0.15) is 27.9 Å². The minimum absolute atomic E-state index is 0.104. The van der Waals surface area contributed by atoms with Gasteiger partial charge in [-0.1, -0.05) is 41.9 Å². The minimum Gasteiger partial charge on any atom is -0.494 e. The first kappa shape index (κ1) is 23.6. The zero-order chi connectivity index (χ0) is 23.3. The second-order valence-corrected chi connectivity index (χ2v) is 10.9. The van der Waals surface area contributed by atoms with Crippen molar-refractivity contribution in [3.05, 3.63) is 82.9 Å². The van der Waals surface area contributed by atoms with Gasteiger partial charge in [-0.2, -0.15) is 0 Å². The summed E-state index contributed by atoms with van der Waals surface area (Å²) in [6.45, 7) is 1.64. The van der Waals surface area contributed by atoms with Gasteiger partial charge in [0.25, 0.3) is 0 Å². The summed E-state index contributed by atoms with van der Waals surface area (Å²) >= 11 is 6.51. The van der Waals surface area contributed by atoms with E-state index in [9.17, 15) is 8.42 Å². The molecule has 0 amide bonds. The first-order valence-electron chi connectivity index (χ1n) is 10.9. The first-order valence-corrected chi connectivity index (χ1v) is 13.3. The van der Waals surface area contributed by atoms with Crippen LogP contribution in [-0.2, 0) is 27.6 Å². The minimum atomic E-state index is -2.98. The molecule has 1 fully saturated rings. The zero-order valence-corrected chi connectivity index (χ0v) is 20.1. The molecule has 0 N–H and O–H groups in total. The highest BCUT2D eigenvalue weighted by atomic mass is 35.5. The Morgan fingerprint density at radius 1 is 0.970 bits per heavy atom. The summed E-state index contributed by atoms with van der Waals surface area (Å²) in [5, 5.41) is 0.573. The van der Waals surface area contributed by atoms with Crippen molar-refractivity contribution in [1.82, 2.24) is 0 Å². The van der Waals surface area contributed by atoms with E-state index in [4.69, 9.17) is 25.8 Å². The van der Waals surface area contributed by atoms with E-state index in [1.807, 2.05) is 42.5 Å². The van der Waals surface area contributed by atoms with Gasteiger partial charge in [0.15, 0.2) is 0 Å². The van der Waals surface area contributed by atoms with Crippen molar-refractivity contribution in [3.8, 4) is 22.6 Å². The maximum absolute atomic E-state index is 11.2. The van der Waals surface area contributed by atoms with Crippen LogP contribution in [0, 0.1) is 0 Å². The van der Waals surface area contributed by atoms with Gasteiger partial charge in [-0.25, -0.2) is 8.42 Å². The van der Waals surface area contributed by atoms with E-state index in [-0.39, 0.29) is 5.75 Å². The monoisotopic (exact) mass is 486 g/mol. The molecule has 5 nitrogen and oxygen atoms in total. The molecule has 0 saturated carbocycles. The molecule has 1 unspecified atom stereocenters. The Labute approximate surface area is 200 Å². The molecule has 4 rings (SSSR count). The summed E-state index contributed by atoms with van der Waals surface area (Å²) in [5.41, 5.74) is 4.18. The molecule has 0 radical (unpaired) electrons. The van der Waals surface area contributed by atoms with Crippen molar-refractivity contribution < 1.29 is 22.6 Å². The fraction of sp³-hybridized carbons (Fsp3) is 0.308. The Bertz CT molecular complexity index is 1190. The molecule has 0 aromatic heterocycles. The standard InChI is InChI=1S/C26H27ClO5S/c1-33(28,29)13-3-12-30-23-10-11-25(26(27)16-23)21-5-2-4-20(14-21)17-31-22-8-6-19(7-9-22)15-24-18-32-24/h2,4-11,14,16,24H,3,12-13,15,17-18H2,1H3. The topological polar surface area (TPSA) is 65.1 Å². The lowest BCUT2D eigenvalue weighted by Gasteiger charge is -2.11. The lowest BCUT2D eigenvalue weighted by Crippen LogP contribution is -2.07. The molecule has 1 aliphatic heterocycles. The molecule has 0 bridgehead atoms. The zero-order valence-electron chi connectivity index (χ0n) is 18.5. The number of hydrogen-bond acceptors (Lipinski definition) is 5. The van der Waals surface area contributed by atoms with E-state index in [0.29, 0.717) is 36.5 Å². The molecule has 3 aromatic rings. The van der Waals surface area contributed by atoms with E-state index in [0.717, 1.165) is 35.5 Å². The number of ether oxygens (including phenoxy) is 3. The highest BCUT2D eigenvalue weighted by Crippen LogP contribution is 2.32. The molecule has 33 heavy (non-hydrogen) atoms. The molecule has 0 spiro atoms. The highest BCUT2D eigenvalue weighted by Gasteiger charge is 2.22. The smallest absolute Gasteiger partial charge is 0.147 e. The van der Waals surface area contributed by atoms with Gasteiger partial charge in [0.05, 0.1) is 30.1 Å². The quantitative estimate of drug-likeness (QED) is 0.270. The predicted molar refractivity (Wildman–Crippen MR) is 131 cm³/mol. The summed E-state index contributed by atoms with van der Waals surface area (Å²) in [6, 6.07) is 21.7. The van der Waals surface area contributed by atoms with Crippen molar-refractivity contribution >= 4 is 21.4 Å². The highest BCUT2D eigenvalue weighted by molar-refractivity contribution is 7.90. The largest absolute Gasteiger partial charge is 0.494 e. The summed E-state index contributed by atoms with van der Waals surface area (Å²) in [4.78, 5) is 0. The molecule has 1 heterocycles. The summed E-state index contributed by atoms with van der Waals surface area (Å²) < 4.78 is 39.3. The SMILES string of the molecule is CS(=O)(=O)CCCOc1ccc(-c2cccc(COc3ccc(CC4CO4)cc3)c2)c(Cl)c1. The predicted octanol–water partition coefficient (Wildman–Crippen LogP) is 5.34. The van der Waals surface area contributed by atoms with Crippen LogP contribution in [0.5, 0.6) is 11.5 Å². The molecule has 1 saturated heterocycles. The van der Waals surface area contributed by atoms with Crippen LogP contribution in [0.1, 0.15) is 17.5 Å². The van der Waals surface area contributed by atoms with Gasteiger partial charge >= 0.3 is 0 Å². The van der Waals surface area contributed by atoms with E-state index < -0.39 is 9.84 Å². The second-order valence-electron chi connectivity index (χ2n) is 8.27. The molecular formula is C26H27ClO5S. The van der Waals surface area contributed by atoms with Crippen LogP contribution < -0.4 is 9.47 Å². The summed E-state index contributed by atoms with van der Waals surface area (Å²) in [6.07, 6.45) is 3.00. The third-order valence-corrected chi connectivity index (χ3v) is 6.64.